The number of benzene rings is 1. The highest BCUT2D eigenvalue weighted by atomic mass is 35.5. The van der Waals surface area contributed by atoms with Crippen LogP contribution in [-0.2, 0) is 14.9 Å². The third kappa shape index (κ3) is 21.7. The van der Waals surface area contributed by atoms with Crippen molar-refractivity contribution in [3.05, 3.63) is 85.2 Å². The molecular weight excluding hydrogens is 636 g/mol. The lowest BCUT2D eigenvalue weighted by Crippen LogP contribution is -2.40. The summed E-state index contributed by atoms with van der Waals surface area (Å²) in [5.74, 6) is 0. The lowest BCUT2D eigenvalue weighted by Gasteiger charge is -2.25. The first-order valence-corrected chi connectivity index (χ1v) is 17.7. The first-order valence-electron chi connectivity index (χ1n) is 15.9. The van der Waals surface area contributed by atoms with Crippen molar-refractivity contribution in [3.63, 3.8) is 0 Å². The molecule has 0 amide bonds. The molecule has 0 aliphatic carbocycles. The number of ether oxygens (including phenoxy) is 1. The van der Waals surface area contributed by atoms with Gasteiger partial charge in [0.15, 0.2) is 0 Å². The van der Waals surface area contributed by atoms with Gasteiger partial charge in [0.05, 0.1) is 19.0 Å². The zero-order valence-corrected chi connectivity index (χ0v) is 32.3. The van der Waals surface area contributed by atoms with E-state index in [9.17, 15) is 13.5 Å². The van der Waals surface area contributed by atoms with Crippen molar-refractivity contribution in [3.8, 4) is 0 Å². The fourth-order valence-electron chi connectivity index (χ4n) is 3.83. The second kappa shape index (κ2) is 33.1. The fraction of sp³-hybridized carbons (Fsp3) is 0.514. The zero-order valence-electron chi connectivity index (χ0n) is 30.7. The third-order valence-corrected chi connectivity index (χ3v) is 7.92. The van der Waals surface area contributed by atoms with Crippen LogP contribution < -0.4 is 16.4 Å². The summed E-state index contributed by atoms with van der Waals surface area (Å²) in [6.07, 6.45) is 9.51. The van der Waals surface area contributed by atoms with Crippen LogP contribution in [0.25, 0.3) is 11.1 Å². The molecule has 0 aromatic heterocycles. The van der Waals surface area contributed by atoms with Crippen molar-refractivity contribution in [1.82, 2.24) is 19.2 Å². The van der Waals surface area contributed by atoms with Crippen LogP contribution in [0.1, 0.15) is 71.9 Å². The smallest absolute Gasteiger partial charge is 0.281 e. The van der Waals surface area contributed by atoms with Gasteiger partial charge in [-0.1, -0.05) is 78.4 Å². The third-order valence-electron chi connectivity index (χ3n) is 5.74. The van der Waals surface area contributed by atoms with Crippen LogP contribution in [0.5, 0.6) is 0 Å². The number of methoxy groups -OCH3 is 1. The van der Waals surface area contributed by atoms with Gasteiger partial charge >= 0.3 is 0 Å². The van der Waals surface area contributed by atoms with E-state index in [0.29, 0.717) is 30.1 Å². The zero-order chi connectivity index (χ0) is 37.4. The Hall–Kier alpha value is -2.77. The van der Waals surface area contributed by atoms with E-state index < -0.39 is 22.5 Å². The van der Waals surface area contributed by atoms with E-state index >= 15 is 0 Å². The molecule has 0 fully saturated rings. The number of aliphatic hydroxyl groups is 1. The summed E-state index contributed by atoms with van der Waals surface area (Å²) in [4.78, 5) is 3.89. The number of hydrogen-bond donors (Lipinski definition) is 4. The van der Waals surface area contributed by atoms with Gasteiger partial charge in [-0.3, -0.25) is 10.3 Å². The molecule has 0 spiro atoms. The van der Waals surface area contributed by atoms with Gasteiger partial charge in [-0.15, -0.1) is 13.2 Å². The number of nitrogens with two attached hydrogens (primary N) is 1. The molecule has 0 radical (unpaired) electrons. The number of halogens is 1. The quantitative estimate of drug-likeness (QED) is 0.0581. The van der Waals surface area contributed by atoms with Crippen LogP contribution in [-0.4, -0.2) is 88.7 Å². The number of aliphatic imine (C=N–C) groups is 1. The van der Waals surface area contributed by atoms with Crippen molar-refractivity contribution in [2.75, 3.05) is 47.9 Å². The largest absolute Gasteiger partial charge is 0.405 e. The Morgan fingerprint density at radius 1 is 1.15 bits per heavy atom. The summed E-state index contributed by atoms with van der Waals surface area (Å²) in [6.45, 7) is 26.4. The molecule has 1 aromatic rings. The maximum Gasteiger partial charge on any atom is 0.281 e. The Balaban J connectivity index is -0.000000932. The van der Waals surface area contributed by atoms with Gasteiger partial charge < -0.3 is 20.9 Å². The molecule has 0 aliphatic rings. The van der Waals surface area contributed by atoms with Crippen LogP contribution >= 0.6 is 11.6 Å². The monoisotopic (exact) mass is 700 g/mol. The van der Waals surface area contributed by atoms with Gasteiger partial charge in [-0.25, -0.2) is 0 Å². The van der Waals surface area contributed by atoms with Crippen LogP contribution in [0, 0.1) is 0 Å². The Morgan fingerprint density at radius 2 is 1.72 bits per heavy atom. The molecule has 5 N–H and O–H groups in total. The molecule has 0 saturated heterocycles. The van der Waals surface area contributed by atoms with Gasteiger partial charge in [0.2, 0.25) is 0 Å². The number of nitrogens with zero attached hydrogens (tertiary/aromatic N) is 3. The highest BCUT2D eigenvalue weighted by Gasteiger charge is 2.23. The SMILES string of the molecule is C=C.C=C(c1cc(Cl)ccc1/C(=C\CCN(CCC)S(=O)(=O)N(C)C)CC)C(/C=C/NC=NC)NC(O)COC.C=CN.CC.CC. The topological polar surface area (TPSA) is 133 Å². The molecule has 2 atom stereocenters. The predicted octanol–water partition coefficient (Wildman–Crippen LogP) is 6.68. The van der Waals surface area contributed by atoms with Crippen molar-refractivity contribution in [2.24, 2.45) is 10.7 Å². The van der Waals surface area contributed by atoms with E-state index in [1.807, 2.05) is 58.9 Å². The summed E-state index contributed by atoms with van der Waals surface area (Å²) in [5, 5.41) is 17.0. The first-order chi connectivity index (χ1) is 22.4. The molecule has 0 aliphatic heterocycles. The molecule has 10 nitrogen and oxygen atoms in total. The van der Waals surface area contributed by atoms with Gasteiger partial charge in [0.1, 0.15) is 6.23 Å². The van der Waals surface area contributed by atoms with Crippen LogP contribution in [0.2, 0.25) is 5.02 Å². The second-order valence-corrected chi connectivity index (χ2v) is 11.6. The predicted molar refractivity (Wildman–Crippen MR) is 208 cm³/mol. The molecule has 2 unspecified atom stereocenters. The minimum Gasteiger partial charge on any atom is -0.405 e. The Bertz CT molecular complexity index is 1140. The molecular formula is C35H65ClN6O4S. The summed E-state index contributed by atoms with van der Waals surface area (Å²) in [6, 6.07) is 5.19. The van der Waals surface area contributed by atoms with Crippen LogP contribution in [0.3, 0.4) is 0 Å². The maximum absolute atomic E-state index is 12.7. The van der Waals surface area contributed by atoms with E-state index in [0.717, 1.165) is 29.5 Å². The average molecular weight is 701 g/mol. The first kappa shape index (κ1) is 51.1. The Labute approximate surface area is 293 Å². The van der Waals surface area contributed by atoms with E-state index in [4.69, 9.17) is 16.3 Å². The number of allylic oxidation sites excluding steroid dienone is 1. The number of nitrogens with one attached hydrogen (secondary N) is 2. The molecule has 0 bridgehead atoms. The molecule has 47 heavy (non-hydrogen) atoms. The minimum absolute atomic E-state index is 0.105. The van der Waals surface area contributed by atoms with Crippen molar-refractivity contribution >= 4 is 39.3 Å². The minimum atomic E-state index is -3.50. The van der Waals surface area contributed by atoms with E-state index in [1.54, 1.807) is 33.7 Å². The summed E-state index contributed by atoms with van der Waals surface area (Å²) < 4.78 is 33.2. The fourth-order valence-corrected chi connectivity index (χ4v) is 5.22. The van der Waals surface area contributed by atoms with Gasteiger partial charge in [-0.2, -0.15) is 17.0 Å². The molecule has 272 valence electrons. The standard InChI is InChI=1S/C27H44ClN5O4S.C2H5N.2C2H6.C2H4/c1-8-16-33(38(35,36)32(5)6)17-10-11-22(9-2)24-13-12-23(28)18-25(24)21(3)26(14-15-30-20-29-4)31-27(34)19-37-7;1-2-3;3*1-2/h11-15,18,20,26-27,31,34H,3,8-10,16-17,19H2,1-2,4-7H3,(H,29,30);2H,1,3H2;2*1-2H3;1-2H2/b15-14+,22-11-;;;;. The van der Waals surface area contributed by atoms with Gasteiger partial charge in [-0.05, 0) is 72.1 Å². The van der Waals surface area contributed by atoms with E-state index in [2.05, 4.69) is 60.7 Å². The molecule has 0 saturated carbocycles. The van der Waals surface area contributed by atoms with Crippen LogP contribution in [0.4, 0.5) is 0 Å². The molecule has 12 heteroatoms. The Morgan fingerprint density at radius 3 is 2.19 bits per heavy atom. The molecule has 1 rings (SSSR count). The van der Waals surface area contributed by atoms with E-state index in [-0.39, 0.29) is 6.61 Å². The normalized spacial score (nSPS) is 12.4. The van der Waals surface area contributed by atoms with Gasteiger partial charge in [0.25, 0.3) is 10.2 Å². The van der Waals surface area contributed by atoms with E-state index in [1.165, 1.54) is 21.9 Å². The average Bonchev–Trinajstić information content (AvgIpc) is 3.07. The van der Waals surface area contributed by atoms with Crippen molar-refractivity contribution in [2.45, 2.75) is 73.1 Å². The van der Waals surface area contributed by atoms with Crippen molar-refractivity contribution < 1.29 is 18.3 Å². The number of rotatable bonds is 18. The van der Waals surface area contributed by atoms with Gasteiger partial charge in [0, 0.05) is 46.4 Å². The molecule has 0 heterocycles. The summed E-state index contributed by atoms with van der Waals surface area (Å²) in [7, 11) is 2.77. The summed E-state index contributed by atoms with van der Waals surface area (Å²) in [5.41, 5.74) is 8.14. The van der Waals surface area contributed by atoms with Crippen molar-refractivity contribution in [1.29, 1.82) is 0 Å². The highest BCUT2D eigenvalue weighted by Crippen LogP contribution is 2.32. The highest BCUT2D eigenvalue weighted by molar-refractivity contribution is 7.86. The Kier molecular flexibility index (Phi) is 36.0. The lowest BCUT2D eigenvalue weighted by atomic mass is 9.90. The molecule has 1 aromatic carbocycles. The maximum atomic E-state index is 12.7. The summed E-state index contributed by atoms with van der Waals surface area (Å²) >= 11 is 6.40. The number of hydrogen-bond acceptors (Lipinski definition) is 7. The second-order valence-electron chi connectivity index (χ2n) is 9.04. The van der Waals surface area contributed by atoms with Crippen LogP contribution in [0.15, 0.2) is 74.1 Å². The lowest BCUT2D eigenvalue weighted by molar-refractivity contribution is 0.0414. The number of aliphatic hydroxyl groups excluding tert-OH is 1.